The molecule has 0 atom stereocenters. The first-order chi connectivity index (χ1) is 17.1. The fourth-order valence-electron chi connectivity index (χ4n) is 4.14. The number of nitrogens with zero attached hydrogens (tertiary/aromatic N) is 1. The van der Waals surface area contributed by atoms with Crippen molar-refractivity contribution >= 4 is 17.5 Å². The first kappa shape index (κ1) is 22.8. The van der Waals surface area contributed by atoms with E-state index in [9.17, 15) is 4.79 Å². The number of benzene rings is 3. The van der Waals surface area contributed by atoms with E-state index >= 15 is 0 Å². The van der Waals surface area contributed by atoms with Crippen molar-refractivity contribution in [2.24, 2.45) is 0 Å². The van der Waals surface area contributed by atoms with E-state index in [0.717, 1.165) is 17.0 Å². The molecule has 35 heavy (non-hydrogen) atoms. The number of rotatable bonds is 6. The van der Waals surface area contributed by atoms with E-state index in [1.807, 2.05) is 66.7 Å². The lowest BCUT2D eigenvalue weighted by Crippen LogP contribution is -2.45. The average Bonchev–Trinajstić information content (AvgIpc) is 3.31. The Balaban J connectivity index is 1.17. The van der Waals surface area contributed by atoms with Gasteiger partial charge in [-0.15, -0.1) is 5.06 Å². The van der Waals surface area contributed by atoms with Crippen molar-refractivity contribution in [3.8, 4) is 17.2 Å². The summed E-state index contributed by atoms with van der Waals surface area (Å²) < 4.78 is 11.2. The van der Waals surface area contributed by atoms with Crippen LogP contribution in [-0.2, 0) is 9.68 Å². The monoisotopic (exact) mass is 473 g/mol. The first-order valence-corrected chi connectivity index (χ1v) is 11.5. The SMILES string of the molecule is COc1cccc(C2=CC3(CCN(OC(=O)Nc4ccccc4Oc4ccccc4)CC3)ON2)c1. The van der Waals surface area contributed by atoms with Crippen LogP contribution in [0, 0.1) is 0 Å². The van der Waals surface area contributed by atoms with Gasteiger partial charge in [0.25, 0.3) is 0 Å². The number of hydroxylamine groups is 3. The topological polar surface area (TPSA) is 81.3 Å². The molecule has 0 bridgehead atoms. The van der Waals surface area contributed by atoms with E-state index in [1.54, 1.807) is 24.3 Å². The fourth-order valence-corrected chi connectivity index (χ4v) is 4.14. The number of anilines is 1. The zero-order valence-electron chi connectivity index (χ0n) is 19.4. The summed E-state index contributed by atoms with van der Waals surface area (Å²) in [6.45, 7) is 1.08. The Bertz CT molecular complexity index is 1210. The van der Waals surface area contributed by atoms with Gasteiger partial charge in [0.05, 0.1) is 18.5 Å². The summed E-state index contributed by atoms with van der Waals surface area (Å²) in [4.78, 5) is 24.1. The van der Waals surface area contributed by atoms with E-state index in [0.29, 0.717) is 43.1 Å². The first-order valence-electron chi connectivity index (χ1n) is 11.5. The lowest BCUT2D eigenvalue weighted by atomic mass is 9.91. The zero-order valence-corrected chi connectivity index (χ0v) is 19.4. The molecule has 0 radical (unpaired) electrons. The minimum absolute atomic E-state index is 0.440. The maximum absolute atomic E-state index is 12.6. The molecule has 2 N–H and O–H groups in total. The van der Waals surface area contributed by atoms with Crippen LogP contribution in [0.2, 0.25) is 0 Å². The lowest BCUT2D eigenvalue weighted by molar-refractivity contribution is -0.153. The Hall–Kier alpha value is -4.01. The van der Waals surface area contributed by atoms with Crippen molar-refractivity contribution < 1.29 is 23.9 Å². The highest BCUT2D eigenvalue weighted by Gasteiger charge is 2.40. The molecule has 0 aromatic heterocycles. The summed E-state index contributed by atoms with van der Waals surface area (Å²) in [7, 11) is 1.65. The molecule has 1 spiro atoms. The van der Waals surface area contributed by atoms with Crippen LogP contribution in [0.3, 0.4) is 0 Å². The summed E-state index contributed by atoms with van der Waals surface area (Å²) in [5.74, 6) is 2.01. The molecule has 3 aromatic carbocycles. The maximum atomic E-state index is 12.6. The van der Waals surface area contributed by atoms with Crippen molar-refractivity contribution in [2.75, 3.05) is 25.5 Å². The van der Waals surface area contributed by atoms with Gasteiger partial charge < -0.3 is 14.3 Å². The Morgan fingerprint density at radius 3 is 2.51 bits per heavy atom. The minimum atomic E-state index is -0.567. The number of hydrogen-bond acceptors (Lipinski definition) is 7. The van der Waals surface area contributed by atoms with Crippen LogP contribution in [0.4, 0.5) is 10.5 Å². The largest absolute Gasteiger partial charge is 0.497 e. The Morgan fingerprint density at radius 1 is 0.971 bits per heavy atom. The van der Waals surface area contributed by atoms with Gasteiger partial charge in [-0.1, -0.05) is 42.5 Å². The smallest absolute Gasteiger partial charge is 0.430 e. The van der Waals surface area contributed by atoms with Gasteiger partial charge in [0.2, 0.25) is 0 Å². The second-order valence-electron chi connectivity index (χ2n) is 8.40. The molecular weight excluding hydrogens is 446 g/mol. The molecule has 2 aliphatic rings. The Morgan fingerprint density at radius 2 is 1.71 bits per heavy atom. The highest BCUT2D eigenvalue weighted by Crippen LogP contribution is 2.35. The fraction of sp³-hybridized carbons (Fsp3) is 0.222. The summed E-state index contributed by atoms with van der Waals surface area (Å²) in [5, 5.41) is 4.44. The van der Waals surface area contributed by atoms with E-state index in [-0.39, 0.29) is 0 Å². The van der Waals surface area contributed by atoms with Gasteiger partial charge in [0, 0.05) is 18.7 Å². The summed E-state index contributed by atoms with van der Waals surface area (Å²) in [6, 6.07) is 24.5. The second-order valence-corrected chi connectivity index (χ2v) is 8.40. The molecule has 0 unspecified atom stereocenters. The van der Waals surface area contributed by atoms with Gasteiger partial charge >= 0.3 is 6.09 Å². The number of hydrogen-bond donors (Lipinski definition) is 2. The van der Waals surface area contributed by atoms with E-state index in [1.165, 1.54) is 0 Å². The van der Waals surface area contributed by atoms with Crippen molar-refractivity contribution in [2.45, 2.75) is 18.4 Å². The molecule has 0 aliphatic carbocycles. The number of piperidine rings is 1. The van der Waals surface area contributed by atoms with Crippen molar-refractivity contribution in [1.82, 2.24) is 10.5 Å². The third-order valence-corrected chi connectivity index (χ3v) is 6.03. The number of carbonyl (C=O) groups is 1. The van der Waals surface area contributed by atoms with Gasteiger partial charge in [-0.2, -0.15) is 0 Å². The molecule has 1 saturated heterocycles. The van der Waals surface area contributed by atoms with Gasteiger partial charge in [0.15, 0.2) is 5.75 Å². The maximum Gasteiger partial charge on any atom is 0.430 e. The van der Waals surface area contributed by atoms with Crippen LogP contribution in [0.15, 0.2) is 84.9 Å². The van der Waals surface area contributed by atoms with E-state index < -0.39 is 11.7 Å². The quantitative estimate of drug-likeness (QED) is 0.499. The minimum Gasteiger partial charge on any atom is -0.497 e. The molecule has 2 aliphatic heterocycles. The van der Waals surface area contributed by atoms with Gasteiger partial charge in [-0.25, -0.2) is 4.79 Å². The Kier molecular flexibility index (Phi) is 6.56. The van der Waals surface area contributed by atoms with Crippen LogP contribution in [0.1, 0.15) is 18.4 Å². The van der Waals surface area contributed by atoms with E-state index in [4.69, 9.17) is 19.1 Å². The highest BCUT2D eigenvalue weighted by molar-refractivity contribution is 5.86. The molecule has 1 amide bonds. The van der Waals surface area contributed by atoms with Crippen LogP contribution in [0.25, 0.3) is 5.70 Å². The molecule has 0 saturated carbocycles. The lowest BCUT2D eigenvalue weighted by Gasteiger charge is -2.35. The standard InChI is InChI=1S/C27H27N3O5/c1-32-22-11-7-8-20(18-22)24-19-27(35-29-24)14-16-30(17-15-27)34-26(31)28-23-12-5-6-13-25(23)33-21-9-3-2-4-10-21/h2-13,18-19,29H,14-17H2,1H3,(H,28,31). The number of para-hydroxylation sites is 3. The molecule has 2 heterocycles. The Labute approximate surface area is 204 Å². The average molecular weight is 474 g/mol. The number of carbonyl (C=O) groups excluding carboxylic acids is 1. The number of ether oxygens (including phenoxy) is 2. The molecule has 8 nitrogen and oxygen atoms in total. The molecular formula is C27H27N3O5. The third-order valence-electron chi connectivity index (χ3n) is 6.03. The van der Waals surface area contributed by atoms with Gasteiger partial charge in [-0.05, 0) is 55.3 Å². The number of nitrogens with one attached hydrogen (secondary N) is 2. The molecule has 1 fully saturated rings. The van der Waals surface area contributed by atoms with Crippen LogP contribution in [-0.4, -0.2) is 37.0 Å². The van der Waals surface area contributed by atoms with Gasteiger partial charge in [-0.3, -0.25) is 15.6 Å². The second kappa shape index (κ2) is 10.1. The summed E-state index contributed by atoms with van der Waals surface area (Å²) >= 11 is 0. The third kappa shape index (κ3) is 5.40. The molecule has 8 heteroatoms. The zero-order chi connectivity index (χ0) is 24.1. The van der Waals surface area contributed by atoms with Crippen molar-refractivity contribution in [1.29, 1.82) is 0 Å². The van der Waals surface area contributed by atoms with Crippen LogP contribution >= 0.6 is 0 Å². The normalized spacial score (nSPS) is 16.8. The van der Waals surface area contributed by atoms with Crippen LogP contribution in [0.5, 0.6) is 17.2 Å². The molecule has 5 rings (SSSR count). The summed E-state index contributed by atoms with van der Waals surface area (Å²) in [6.07, 6.45) is 2.89. The van der Waals surface area contributed by atoms with Crippen LogP contribution < -0.4 is 20.3 Å². The van der Waals surface area contributed by atoms with Crippen molar-refractivity contribution in [3.05, 3.63) is 90.5 Å². The summed E-state index contributed by atoms with van der Waals surface area (Å²) in [5.41, 5.74) is 5.05. The predicted molar refractivity (Wildman–Crippen MR) is 132 cm³/mol. The van der Waals surface area contributed by atoms with Crippen molar-refractivity contribution in [3.63, 3.8) is 0 Å². The predicted octanol–water partition coefficient (Wildman–Crippen LogP) is 5.36. The number of methoxy groups -OCH3 is 1. The number of amides is 1. The van der Waals surface area contributed by atoms with E-state index in [2.05, 4.69) is 16.9 Å². The van der Waals surface area contributed by atoms with Gasteiger partial charge in [0.1, 0.15) is 17.1 Å². The molecule has 180 valence electrons. The highest BCUT2D eigenvalue weighted by atomic mass is 16.7. The molecule has 3 aromatic rings.